The van der Waals surface area contributed by atoms with Gasteiger partial charge in [-0.3, -0.25) is 4.79 Å². The van der Waals surface area contributed by atoms with Crippen LogP contribution < -0.4 is 10.6 Å². The average molecular weight is 562 g/mol. The Morgan fingerprint density at radius 2 is 1.76 bits per heavy atom. The number of carbonyl (C=O) groups excluding carboxylic acids is 2. The van der Waals surface area contributed by atoms with Crippen molar-refractivity contribution in [1.82, 2.24) is 4.98 Å². The van der Waals surface area contributed by atoms with Crippen LogP contribution in [-0.4, -0.2) is 28.1 Å². The van der Waals surface area contributed by atoms with Gasteiger partial charge in [0.05, 0.1) is 22.2 Å². The maximum atomic E-state index is 13.0. The predicted octanol–water partition coefficient (Wildman–Crippen LogP) is 7.00. The van der Waals surface area contributed by atoms with E-state index in [0.29, 0.717) is 27.6 Å². The van der Waals surface area contributed by atoms with E-state index in [4.69, 9.17) is 58.0 Å². The first-order valence-corrected chi connectivity index (χ1v) is 11.7. The van der Waals surface area contributed by atoms with Gasteiger partial charge in [-0.1, -0.05) is 58.0 Å². The minimum atomic E-state index is -1.39. The van der Waals surface area contributed by atoms with E-state index < -0.39 is 27.4 Å². The number of alkyl halides is 2. The molecule has 0 spiro atoms. The molecule has 1 fully saturated rings. The highest BCUT2D eigenvalue weighted by Gasteiger charge is 2.76. The Labute approximate surface area is 219 Å². The zero-order valence-electron chi connectivity index (χ0n) is 17.1. The summed E-state index contributed by atoms with van der Waals surface area (Å²) >= 11 is 31.5. The predicted molar refractivity (Wildman–Crippen MR) is 134 cm³/mol. The number of anilines is 2. The van der Waals surface area contributed by atoms with Gasteiger partial charge in [0.2, 0.25) is 0 Å². The van der Waals surface area contributed by atoms with Gasteiger partial charge in [0.15, 0.2) is 0 Å². The Kier molecular flexibility index (Phi) is 7.00. The molecule has 1 saturated carbocycles. The summed E-state index contributed by atoms with van der Waals surface area (Å²) in [6.45, 7) is 0.0699. The van der Waals surface area contributed by atoms with Crippen molar-refractivity contribution in [1.29, 1.82) is 0 Å². The number of nitrogens with one attached hydrogen (secondary N) is 2. The van der Waals surface area contributed by atoms with Crippen molar-refractivity contribution in [2.24, 2.45) is 5.41 Å². The Balaban J connectivity index is 1.53. The molecule has 2 atom stereocenters. The molecular weight excluding hydrogens is 547 g/mol. The van der Waals surface area contributed by atoms with Gasteiger partial charge in [0.1, 0.15) is 22.3 Å². The SMILES string of the molecule is O=CC1(CNc2ccc(Cl)c(C(=O)Nc3ccc(F)cn3)c2)C(c2cc(Cl)cc(Cl)c2)C1(Cl)Cl. The molecule has 1 aromatic heterocycles. The molecule has 0 radical (unpaired) electrons. The molecule has 176 valence electrons. The molecule has 1 aliphatic rings. The molecule has 34 heavy (non-hydrogen) atoms. The summed E-state index contributed by atoms with van der Waals surface area (Å²) in [4.78, 5) is 28.6. The molecule has 5 nitrogen and oxygen atoms in total. The number of carbonyl (C=O) groups is 2. The van der Waals surface area contributed by atoms with E-state index in [1.54, 1.807) is 24.3 Å². The fourth-order valence-electron chi connectivity index (χ4n) is 3.82. The summed E-state index contributed by atoms with van der Waals surface area (Å²) in [6, 6.07) is 12.1. The first-order valence-electron chi connectivity index (χ1n) is 9.84. The summed E-state index contributed by atoms with van der Waals surface area (Å²) in [5, 5.41) is 6.64. The van der Waals surface area contributed by atoms with Crippen LogP contribution in [-0.2, 0) is 4.79 Å². The monoisotopic (exact) mass is 559 g/mol. The Morgan fingerprint density at radius 3 is 2.38 bits per heavy atom. The van der Waals surface area contributed by atoms with Gasteiger partial charge in [-0.15, -0.1) is 0 Å². The molecule has 3 aromatic rings. The summed E-state index contributed by atoms with van der Waals surface area (Å²) < 4.78 is 11.7. The van der Waals surface area contributed by atoms with Crippen molar-refractivity contribution in [2.75, 3.05) is 17.2 Å². The van der Waals surface area contributed by atoms with Crippen molar-refractivity contribution in [3.05, 3.63) is 86.7 Å². The molecule has 4 rings (SSSR count). The average Bonchev–Trinajstić information content (AvgIpc) is 3.28. The molecule has 0 bridgehead atoms. The molecule has 1 amide bonds. The lowest BCUT2D eigenvalue weighted by Crippen LogP contribution is -2.23. The van der Waals surface area contributed by atoms with E-state index in [-0.39, 0.29) is 22.9 Å². The first kappa shape index (κ1) is 25.0. The highest BCUT2D eigenvalue weighted by atomic mass is 35.5. The first-order chi connectivity index (χ1) is 16.1. The smallest absolute Gasteiger partial charge is 0.258 e. The lowest BCUT2D eigenvalue weighted by molar-refractivity contribution is -0.112. The summed E-state index contributed by atoms with van der Waals surface area (Å²) in [6.07, 6.45) is 1.70. The maximum Gasteiger partial charge on any atom is 0.258 e. The van der Waals surface area contributed by atoms with Crippen LogP contribution in [0.15, 0.2) is 54.7 Å². The van der Waals surface area contributed by atoms with Crippen LogP contribution in [0.25, 0.3) is 0 Å². The van der Waals surface area contributed by atoms with E-state index >= 15 is 0 Å². The molecule has 1 aliphatic carbocycles. The Morgan fingerprint density at radius 1 is 1.06 bits per heavy atom. The second kappa shape index (κ2) is 9.51. The lowest BCUT2D eigenvalue weighted by atomic mass is 10.00. The molecule has 2 N–H and O–H groups in total. The third-order valence-corrected chi connectivity index (χ3v) is 7.51. The second-order valence-corrected chi connectivity index (χ2v) is 10.4. The number of hydrogen-bond donors (Lipinski definition) is 2. The van der Waals surface area contributed by atoms with Crippen LogP contribution in [0.2, 0.25) is 15.1 Å². The standard InChI is InChI=1S/C23H15Cl5FN3O2/c24-13-5-12(6-14(25)7-13)20-22(11-33,23(20,27)28)10-31-16-2-3-18(26)17(8-16)21(34)32-19-4-1-15(29)9-30-19/h1-9,11,20,31H,10H2,(H,30,32,34). The molecule has 0 aliphatic heterocycles. The second-order valence-electron chi connectivity index (χ2n) is 7.78. The number of benzene rings is 2. The number of aldehydes is 1. The third kappa shape index (κ3) is 4.70. The zero-order chi connectivity index (χ0) is 24.7. The number of hydrogen-bond acceptors (Lipinski definition) is 4. The maximum absolute atomic E-state index is 13.0. The lowest BCUT2D eigenvalue weighted by Gasteiger charge is -2.15. The molecule has 11 heteroatoms. The van der Waals surface area contributed by atoms with Crippen molar-refractivity contribution in [2.45, 2.75) is 10.3 Å². The number of nitrogens with zero attached hydrogens (tertiary/aromatic N) is 1. The normalized spacial score (nSPS) is 20.5. The van der Waals surface area contributed by atoms with Crippen LogP contribution in [0.1, 0.15) is 21.8 Å². The van der Waals surface area contributed by atoms with Crippen LogP contribution in [0.3, 0.4) is 0 Å². The highest BCUT2D eigenvalue weighted by molar-refractivity contribution is 6.54. The fourth-order valence-corrected chi connectivity index (χ4v) is 5.54. The van der Waals surface area contributed by atoms with Gasteiger partial charge in [0, 0.05) is 28.2 Å². The van der Waals surface area contributed by atoms with E-state index in [0.717, 1.165) is 6.20 Å². The molecule has 1 heterocycles. The minimum absolute atomic E-state index is 0.0699. The van der Waals surface area contributed by atoms with E-state index in [1.807, 2.05) is 0 Å². The van der Waals surface area contributed by atoms with Crippen LogP contribution in [0.5, 0.6) is 0 Å². The summed E-state index contributed by atoms with van der Waals surface area (Å²) in [7, 11) is 0. The van der Waals surface area contributed by atoms with E-state index in [2.05, 4.69) is 15.6 Å². The van der Waals surface area contributed by atoms with Gasteiger partial charge >= 0.3 is 0 Å². The van der Waals surface area contributed by atoms with Gasteiger partial charge in [-0.25, -0.2) is 9.37 Å². The fraction of sp³-hybridized carbons (Fsp3) is 0.174. The molecular formula is C23H15Cl5FN3O2. The van der Waals surface area contributed by atoms with Crippen LogP contribution in [0, 0.1) is 11.2 Å². The van der Waals surface area contributed by atoms with Gasteiger partial charge < -0.3 is 15.4 Å². The minimum Gasteiger partial charge on any atom is -0.384 e. The number of aromatic nitrogens is 1. The van der Waals surface area contributed by atoms with Crippen LogP contribution >= 0.6 is 58.0 Å². The largest absolute Gasteiger partial charge is 0.384 e. The van der Waals surface area contributed by atoms with Gasteiger partial charge in [0.25, 0.3) is 5.91 Å². The number of rotatable bonds is 7. The van der Waals surface area contributed by atoms with Crippen molar-refractivity contribution >= 4 is 81.7 Å². The molecule has 2 aromatic carbocycles. The Hall–Kier alpha value is -2.09. The Bertz CT molecular complexity index is 1250. The van der Waals surface area contributed by atoms with Crippen molar-refractivity contribution in [3.63, 3.8) is 0 Å². The molecule has 0 saturated heterocycles. The molecule has 2 unspecified atom stereocenters. The third-order valence-electron chi connectivity index (χ3n) is 5.61. The topological polar surface area (TPSA) is 71.1 Å². The van der Waals surface area contributed by atoms with Gasteiger partial charge in [-0.05, 0) is 54.1 Å². The quantitative estimate of drug-likeness (QED) is 0.241. The summed E-state index contributed by atoms with van der Waals surface area (Å²) in [5.74, 6) is -1.46. The highest BCUT2D eigenvalue weighted by Crippen LogP contribution is 2.73. The van der Waals surface area contributed by atoms with Crippen molar-refractivity contribution < 1.29 is 14.0 Å². The van der Waals surface area contributed by atoms with E-state index in [9.17, 15) is 14.0 Å². The van der Waals surface area contributed by atoms with Crippen LogP contribution in [0.4, 0.5) is 15.9 Å². The summed E-state index contributed by atoms with van der Waals surface area (Å²) in [5.41, 5.74) is 0.126. The number of pyridine rings is 1. The zero-order valence-corrected chi connectivity index (χ0v) is 20.9. The number of amides is 1. The van der Waals surface area contributed by atoms with E-state index in [1.165, 1.54) is 24.3 Å². The van der Waals surface area contributed by atoms with Crippen molar-refractivity contribution in [3.8, 4) is 0 Å². The van der Waals surface area contributed by atoms with Gasteiger partial charge in [-0.2, -0.15) is 0 Å². The number of halogens is 6.